The molecule has 2 aliphatic rings. The highest BCUT2D eigenvalue weighted by molar-refractivity contribution is 8.00. The van der Waals surface area contributed by atoms with Gasteiger partial charge >= 0.3 is 0 Å². The zero-order chi connectivity index (χ0) is 26.1. The fraction of sp³-hybridized carbons (Fsp3) is 0.296. The van der Waals surface area contributed by atoms with E-state index in [-0.39, 0.29) is 10.8 Å². The van der Waals surface area contributed by atoms with Crippen LogP contribution in [0.5, 0.6) is 5.75 Å². The second-order valence-electron chi connectivity index (χ2n) is 9.51. The van der Waals surface area contributed by atoms with Gasteiger partial charge in [-0.25, -0.2) is 8.42 Å². The first-order valence-corrected chi connectivity index (χ1v) is 15.3. The van der Waals surface area contributed by atoms with E-state index in [0.29, 0.717) is 22.8 Å². The van der Waals surface area contributed by atoms with Crippen LogP contribution in [0.1, 0.15) is 36.7 Å². The molecule has 2 aliphatic heterocycles. The molecule has 0 spiro atoms. The molecule has 1 N–H and O–H groups in total. The molecule has 190 valence electrons. The van der Waals surface area contributed by atoms with Gasteiger partial charge in [0, 0.05) is 32.9 Å². The Morgan fingerprint density at radius 2 is 1.67 bits per heavy atom. The standard InChI is InChI=1S/C20H23NO4S2.C7H7NS/c1-20(2,3)14-10-13(11-17(18(14)25-4)27(5,23)24)19(22)21-12-26-16-9-7-6-8-15(16)21;1-2-4-7-6(3-1)8-5-9-7/h6-11H,12H2,1-5H3;1-4,8H,5H2. The first-order valence-electron chi connectivity index (χ1n) is 11.4. The number of anilines is 2. The number of thioether (sulfide) groups is 2. The zero-order valence-corrected chi connectivity index (χ0v) is 23.4. The highest BCUT2D eigenvalue weighted by atomic mass is 32.2. The Kier molecular flexibility index (Phi) is 7.64. The topological polar surface area (TPSA) is 75.7 Å². The Labute approximate surface area is 221 Å². The number of nitrogens with zero attached hydrogens (tertiary/aromatic N) is 1. The minimum absolute atomic E-state index is 0.0425. The minimum atomic E-state index is -3.57. The molecule has 0 saturated carbocycles. The SMILES string of the molecule is COc1c(C(C)(C)C)cc(C(=O)N2CSc3ccccc32)cc1S(C)(=O)=O.c1ccc2c(c1)NCS2. The number of fused-ring (bicyclic) bond motifs is 2. The summed E-state index contributed by atoms with van der Waals surface area (Å²) in [6.45, 7) is 5.89. The number of para-hydroxylation sites is 2. The van der Waals surface area contributed by atoms with Crippen molar-refractivity contribution in [3.8, 4) is 5.75 Å². The van der Waals surface area contributed by atoms with Crippen LogP contribution in [-0.4, -0.2) is 39.4 Å². The normalized spacial score (nSPS) is 14.3. The maximum Gasteiger partial charge on any atom is 0.259 e. The lowest BCUT2D eigenvalue weighted by atomic mass is 9.85. The summed E-state index contributed by atoms with van der Waals surface area (Å²) >= 11 is 3.45. The number of nitrogens with one attached hydrogen (secondary N) is 1. The lowest BCUT2D eigenvalue weighted by Crippen LogP contribution is -2.29. The van der Waals surface area contributed by atoms with E-state index in [1.165, 1.54) is 23.8 Å². The number of hydrogen-bond acceptors (Lipinski definition) is 7. The fourth-order valence-corrected chi connectivity index (χ4v) is 6.78. The van der Waals surface area contributed by atoms with Gasteiger partial charge in [-0.05, 0) is 41.8 Å². The summed E-state index contributed by atoms with van der Waals surface area (Å²) in [6, 6.07) is 19.3. The molecule has 2 heterocycles. The van der Waals surface area contributed by atoms with Gasteiger partial charge in [-0.3, -0.25) is 9.69 Å². The number of carbonyl (C=O) groups is 1. The number of ether oxygens (including phenoxy) is 1. The van der Waals surface area contributed by atoms with Gasteiger partial charge in [-0.15, -0.1) is 23.5 Å². The molecule has 9 heteroatoms. The summed E-state index contributed by atoms with van der Waals surface area (Å²) in [7, 11) is -2.12. The van der Waals surface area contributed by atoms with Crippen molar-refractivity contribution in [3.63, 3.8) is 0 Å². The van der Waals surface area contributed by atoms with E-state index in [9.17, 15) is 13.2 Å². The highest BCUT2D eigenvalue weighted by Crippen LogP contribution is 2.41. The zero-order valence-electron chi connectivity index (χ0n) is 21.0. The van der Waals surface area contributed by atoms with E-state index < -0.39 is 15.3 Å². The molecular formula is C27H30N2O4S3. The number of methoxy groups -OCH3 is 1. The number of hydrogen-bond donors (Lipinski definition) is 1. The van der Waals surface area contributed by atoms with Crippen LogP contribution >= 0.6 is 23.5 Å². The van der Waals surface area contributed by atoms with E-state index in [1.54, 1.807) is 22.7 Å². The summed E-state index contributed by atoms with van der Waals surface area (Å²) in [5.41, 5.74) is 2.78. The van der Waals surface area contributed by atoms with Crippen LogP contribution < -0.4 is 15.0 Å². The largest absolute Gasteiger partial charge is 0.495 e. The van der Waals surface area contributed by atoms with Crippen LogP contribution in [0.3, 0.4) is 0 Å². The first-order chi connectivity index (χ1) is 17.0. The molecule has 0 bridgehead atoms. The molecule has 0 aliphatic carbocycles. The molecular weight excluding hydrogens is 513 g/mol. The maximum absolute atomic E-state index is 13.2. The lowest BCUT2D eigenvalue weighted by Gasteiger charge is -2.25. The smallest absolute Gasteiger partial charge is 0.259 e. The van der Waals surface area contributed by atoms with Gasteiger partial charge in [0.1, 0.15) is 10.6 Å². The van der Waals surface area contributed by atoms with Crippen LogP contribution in [-0.2, 0) is 15.3 Å². The second-order valence-corrected chi connectivity index (χ2v) is 13.5. The quantitative estimate of drug-likeness (QED) is 0.418. The summed E-state index contributed by atoms with van der Waals surface area (Å²) in [4.78, 5) is 17.4. The molecule has 36 heavy (non-hydrogen) atoms. The van der Waals surface area contributed by atoms with Crippen molar-refractivity contribution in [3.05, 3.63) is 71.8 Å². The number of rotatable bonds is 3. The van der Waals surface area contributed by atoms with Crippen molar-refractivity contribution in [2.75, 3.05) is 35.3 Å². The van der Waals surface area contributed by atoms with Crippen molar-refractivity contribution in [1.29, 1.82) is 0 Å². The van der Waals surface area contributed by atoms with Gasteiger partial charge in [-0.1, -0.05) is 45.0 Å². The number of sulfone groups is 1. The van der Waals surface area contributed by atoms with E-state index in [1.807, 2.05) is 56.8 Å². The van der Waals surface area contributed by atoms with Crippen LogP contribution in [0.15, 0.2) is 75.4 Å². The Balaban J connectivity index is 0.000000280. The Bertz CT molecular complexity index is 1380. The molecule has 1 amide bonds. The van der Waals surface area contributed by atoms with Gasteiger partial charge in [-0.2, -0.15) is 0 Å². The molecule has 0 saturated heterocycles. The fourth-order valence-electron chi connectivity index (χ4n) is 4.03. The third kappa shape index (κ3) is 5.53. The van der Waals surface area contributed by atoms with Crippen molar-refractivity contribution in [2.24, 2.45) is 0 Å². The van der Waals surface area contributed by atoms with Crippen LogP contribution in [0.4, 0.5) is 11.4 Å². The third-order valence-electron chi connectivity index (χ3n) is 5.84. The molecule has 0 unspecified atom stereocenters. The van der Waals surface area contributed by atoms with E-state index in [4.69, 9.17) is 4.74 Å². The highest BCUT2D eigenvalue weighted by Gasteiger charge is 2.31. The second kappa shape index (κ2) is 10.4. The van der Waals surface area contributed by atoms with E-state index in [0.717, 1.165) is 22.7 Å². The summed E-state index contributed by atoms with van der Waals surface area (Å²) in [5.74, 6) is 1.62. The molecule has 0 radical (unpaired) electrons. The predicted octanol–water partition coefficient (Wildman–Crippen LogP) is 6.27. The Hall–Kier alpha value is -2.62. The first kappa shape index (κ1) is 26.4. The van der Waals surface area contributed by atoms with Crippen molar-refractivity contribution in [1.82, 2.24) is 0 Å². The number of benzene rings is 3. The summed E-state index contributed by atoms with van der Waals surface area (Å²) in [6.07, 6.45) is 1.13. The van der Waals surface area contributed by atoms with Crippen LogP contribution in [0.2, 0.25) is 0 Å². The monoisotopic (exact) mass is 542 g/mol. The lowest BCUT2D eigenvalue weighted by molar-refractivity contribution is 0.0991. The molecule has 3 aromatic carbocycles. The average molecular weight is 543 g/mol. The number of carbonyl (C=O) groups excluding carboxylic acids is 1. The van der Waals surface area contributed by atoms with Crippen LogP contribution in [0, 0.1) is 0 Å². The van der Waals surface area contributed by atoms with Gasteiger partial charge < -0.3 is 10.1 Å². The van der Waals surface area contributed by atoms with Crippen molar-refractivity contribution < 1.29 is 17.9 Å². The van der Waals surface area contributed by atoms with Gasteiger partial charge in [0.2, 0.25) is 0 Å². The van der Waals surface area contributed by atoms with Crippen molar-refractivity contribution >= 4 is 50.6 Å². The van der Waals surface area contributed by atoms with Crippen molar-refractivity contribution in [2.45, 2.75) is 40.9 Å². The molecule has 5 rings (SSSR count). The van der Waals surface area contributed by atoms with Gasteiger partial charge in [0.05, 0.1) is 24.6 Å². The molecule has 0 atom stereocenters. The van der Waals surface area contributed by atoms with E-state index >= 15 is 0 Å². The maximum atomic E-state index is 13.2. The molecule has 0 fully saturated rings. The van der Waals surface area contributed by atoms with Gasteiger partial charge in [0.15, 0.2) is 9.84 Å². The number of amides is 1. The Morgan fingerprint density at radius 1 is 1.00 bits per heavy atom. The van der Waals surface area contributed by atoms with Crippen LogP contribution in [0.25, 0.3) is 0 Å². The summed E-state index contributed by atoms with van der Waals surface area (Å²) < 4.78 is 30.2. The average Bonchev–Trinajstić information content (AvgIpc) is 3.49. The minimum Gasteiger partial charge on any atom is -0.495 e. The molecule has 0 aromatic heterocycles. The summed E-state index contributed by atoms with van der Waals surface area (Å²) in [5, 5.41) is 3.26. The third-order valence-corrected chi connectivity index (χ3v) is 8.94. The predicted molar refractivity (Wildman–Crippen MR) is 150 cm³/mol. The molecule has 3 aromatic rings. The molecule has 6 nitrogen and oxygen atoms in total. The Morgan fingerprint density at radius 3 is 2.31 bits per heavy atom. The van der Waals surface area contributed by atoms with Gasteiger partial charge in [0.25, 0.3) is 5.91 Å². The van der Waals surface area contributed by atoms with E-state index in [2.05, 4.69) is 29.6 Å².